The van der Waals surface area contributed by atoms with Crippen LogP contribution in [0.1, 0.15) is 40.4 Å². The molecule has 1 aromatic carbocycles. The molecule has 174 valence electrons. The second-order valence-corrected chi connectivity index (χ2v) is 10.8. The maximum atomic E-state index is 13.0. The van der Waals surface area contributed by atoms with Gasteiger partial charge < -0.3 is 14.8 Å². The highest BCUT2D eigenvalue weighted by Crippen LogP contribution is 2.31. The lowest BCUT2D eigenvalue weighted by Gasteiger charge is -2.28. The van der Waals surface area contributed by atoms with E-state index in [4.69, 9.17) is 21.3 Å². The quantitative estimate of drug-likeness (QED) is 0.456. The number of hydrogen-bond acceptors (Lipinski definition) is 6. The van der Waals surface area contributed by atoms with E-state index in [1.54, 1.807) is 0 Å². The van der Waals surface area contributed by atoms with Crippen molar-refractivity contribution >= 4 is 33.2 Å². The number of aromatic nitrogens is 2. The van der Waals surface area contributed by atoms with Crippen molar-refractivity contribution in [3.05, 3.63) is 50.8 Å². The first-order chi connectivity index (χ1) is 15.0. The topological polar surface area (TPSA) is 78.5 Å². The van der Waals surface area contributed by atoms with Crippen LogP contribution in [0.2, 0.25) is 5.02 Å². The van der Waals surface area contributed by atoms with Crippen molar-refractivity contribution < 1.29 is 9.84 Å². The third-order valence-corrected chi connectivity index (χ3v) is 5.95. The first-order valence-corrected chi connectivity index (χ1v) is 12.1. The predicted octanol–water partition coefficient (Wildman–Crippen LogP) is 4.94. The van der Waals surface area contributed by atoms with Crippen molar-refractivity contribution in [3.63, 3.8) is 0 Å². The minimum atomic E-state index is -0.623. The van der Waals surface area contributed by atoms with E-state index in [9.17, 15) is 9.90 Å². The van der Waals surface area contributed by atoms with E-state index >= 15 is 0 Å². The standard InChI is InChI=1S/C24H32ClN3O3S/c1-15(2)10-28(11-18(29)13-31-24(3,4)5)12-20-26-22(30)21-19(14-32-23(21)27-20)16-6-8-17(25)9-7-16/h6-9,14-15,18,29H,10-13H2,1-5H3,(H,26,27,30). The summed E-state index contributed by atoms with van der Waals surface area (Å²) in [5.41, 5.74) is 1.33. The maximum absolute atomic E-state index is 13.0. The van der Waals surface area contributed by atoms with Gasteiger partial charge >= 0.3 is 0 Å². The Morgan fingerprint density at radius 1 is 1.22 bits per heavy atom. The van der Waals surface area contributed by atoms with Crippen LogP contribution in [0.25, 0.3) is 21.3 Å². The van der Waals surface area contributed by atoms with Gasteiger partial charge in [0.05, 0.1) is 30.2 Å². The van der Waals surface area contributed by atoms with Gasteiger partial charge in [0.15, 0.2) is 0 Å². The Morgan fingerprint density at radius 2 is 1.91 bits per heavy atom. The van der Waals surface area contributed by atoms with Gasteiger partial charge in [-0.3, -0.25) is 9.69 Å². The molecule has 8 heteroatoms. The van der Waals surface area contributed by atoms with Gasteiger partial charge in [0, 0.05) is 29.1 Å². The van der Waals surface area contributed by atoms with Crippen LogP contribution in [-0.4, -0.2) is 51.4 Å². The van der Waals surface area contributed by atoms with Gasteiger partial charge in [0.25, 0.3) is 5.56 Å². The average Bonchev–Trinajstić information content (AvgIpc) is 3.10. The fraction of sp³-hybridized carbons (Fsp3) is 0.500. The summed E-state index contributed by atoms with van der Waals surface area (Å²) in [6, 6.07) is 7.44. The van der Waals surface area contributed by atoms with E-state index < -0.39 is 6.10 Å². The van der Waals surface area contributed by atoms with Gasteiger partial charge in [0.2, 0.25) is 0 Å². The average molecular weight is 478 g/mol. The highest BCUT2D eigenvalue weighted by Gasteiger charge is 2.19. The molecule has 32 heavy (non-hydrogen) atoms. The van der Waals surface area contributed by atoms with Gasteiger partial charge in [-0.25, -0.2) is 4.98 Å². The van der Waals surface area contributed by atoms with Crippen LogP contribution in [0.3, 0.4) is 0 Å². The Labute approximate surface area is 198 Å². The molecule has 2 N–H and O–H groups in total. The van der Waals surface area contributed by atoms with E-state index in [1.165, 1.54) is 11.3 Å². The van der Waals surface area contributed by atoms with Crippen LogP contribution in [0.4, 0.5) is 0 Å². The molecule has 0 aliphatic heterocycles. The fourth-order valence-corrected chi connectivity index (χ4v) is 4.63. The van der Waals surface area contributed by atoms with E-state index in [1.807, 2.05) is 50.4 Å². The summed E-state index contributed by atoms with van der Waals surface area (Å²) in [7, 11) is 0. The Hall–Kier alpha value is -1.77. The summed E-state index contributed by atoms with van der Waals surface area (Å²) in [6.07, 6.45) is -0.623. The van der Waals surface area contributed by atoms with Crippen LogP contribution < -0.4 is 5.56 Å². The molecule has 0 aliphatic rings. The van der Waals surface area contributed by atoms with E-state index in [2.05, 4.69) is 23.7 Å². The molecule has 0 aliphatic carbocycles. The molecule has 0 saturated carbocycles. The second-order valence-electron chi connectivity index (χ2n) is 9.51. The van der Waals surface area contributed by atoms with Gasteiger partial charge in [-0.15, -0.1) is 11.3 Å². The summed E-state index contributed by atoms with van der Waals surface area (Å²) >= 11 is 7.45. The van der Waals surface area contributed by atoms with Crippen molar-refractivity contribution in [2.24, 2.45) is 5.92 Å². The number of ether oxygens (including phenoxy) is 1. The third-order valence-electron chi connectivity index (χ3n) is 4.82. The molecule has 1 atom stereocenters. The number of fused-ring (bicyclic) bond motifs is 1. The number of aliphatic hydroxyl groups excluding tert-OH is 1. The zero-order valence-corrected chi connectivity index (χ0v) is 20.9. The Morgan fingerprint density at radius 3 is 2.53 bits per heavy atom. The zero-order valence-electron chi connectivity index (χ0n) is 19.3. The van der Waals surface area contributed by atoms with Crippen molar-refractivity contribution in [3.8, 4) is 11.1 Å². The molecule has 0 fully saturated rings. The number of hydrogen-bond donors (Lipinski definition) is 2. The van der Waals surface area contributed by atoms with Crippen LogP contribution in [-0.2, 0) is 11.3 Å². The van der Waals surface area contributed by atoms with Crippen molar-refractivity contribution in [2.45, 2.75) is 52.9 Å². The minimum absolute atomic E-state index is 0.155. The number of rotatable bonds is 9. The summed E-state index contributed by atoms with van der Waals surface area (Å²) in [5.74, 6) is 0.996. The van der Waals surface area contributed by atoms with E-state index in [0.717, 1.165) is 17.7 Å². The van der Waals surface area contributed by atoms with Gasteiger partial charge in [0.1, 0.15) is 10.7 Å². The molecule has 0 saturated heterocycles. The molecule has 3 aromatic rings. The molecule has 0 bridgehead atoms. The first-order valence-electron chi connectivity index (χ1n) is 10.8. The molecular weight excluding hydrogens is 446 g/mol. The molecule has 0 amide bonds. The summed E-state index contributed by atoms with van der Waals surface area (Å²) in [4.78, 5) is 23.4. The van der Waals surface area contributed by atoms with Crippen LogP contribution in [0.5, 0.6) is 0 Å². The number of nitrogens with one attached hydrogen (secondary N) is 1. The number of thiophene rings is 1. The Kier molecular flexibility index (Phi) is 8.11. The van der Waals surface area contributed by atoms with Crippen molar-refractivity contribution in [1.29, 1.82) is 0 Å². The fourth-order valence-electron chi connectivity index (χ4n) is 3.54. The van der Waals surface area contributed by atoms with E-state index in [0.29, 0.717) is 40.1 Å². The first kappa shape index (κ1) is 24.9. The number of aromatic amines is 1. The monoisotopic (exact) mass is 477 g/mol. The SMILES string of the molecule is CC(C)CN(Cc1nc2scc(-c3ccc(Cl)cc3)c2c(=O)[nH]1)CC(O)COC(C)(C)C. The lowest BCUT2D eigenvalue weighted by molar-refractivity contribution is -0.0574. The molecule has 6 nitrogen and oxygen atoms in total. The van der Waals surface area contributed by atoms with Crippen LogP contribution >= 0.6 is 22.9 Å². The zero-order chi connectivity index (χ0) is 23.5. The lowest BCUT2D eigenvalue weighted by atomic mass is 10.1. The summed E-state index contributed by atoms with van der Waals surface area (Å²) < 4.78 is 5.72. The highest BCUT2D eigenvalue weighted by atomic mass is 35.5. The van der Waals surface area contributed by atoms with Crippen LogP contribution in [0, 0.1) is 5.92 Å². The number of aliphatic hydroxyl groups is 1. The molecular formula is C24H32ClN3O3S. The number of halogens is 1. The summed E-state index contributed by atoms with van der Waals surface area (Å²) in [5, 5.41) is 13.7. The van der Waals surface area contributed by atoms with E-state index in [-0.39, 0.29) is 17.8 Å². The number of H-pyrrole nitrogens is 1. The maximum Gasteiger partial charge on any atom is 0.260 e. The largest absolute Gasteiger partial charge is 0.389 e. The Balaban J connectivity index is 1.80. The third kappa shape index (κ3) is 6.86. The molecule has 2 aromatic heterocycles. The highest BCUT2D eigenvalue weighted by molar-refractivity contribution is 7.17. The molecule has 0 radical (unpaired) electrons. The lowest BCUT2D eigenvalue weighted by Crippen LogP contribution is -2.39. The van der Waals surface area contributed by atoms with Gasteiger partial charge in [-0.05, 0) is 44.4 Å². The smallest absolute Gasteiger partial charge is 0.260 e. The number of benzene rings is 1. The van der Waals surface area contributed by atoms with Crippen molar-refractivity contribution in [1.82, 2.24) is 14.9 Å². The van der Waals surface area contributed by atoms with Gasteiger partial charge in [-0.2, -0.15) is 0 Å². The Bertz CT molecular complexity index is 1090. The van der Waals surface area contributed by atoms with Gasteiger partial charge in [-0.1, -0.05) is 37.6 Å². The van der Waals surface area contributed by atoms with Crippen molar-refractivity contribution in [2.75, 3.05) is 19.7 Å². The summed E-state index contributed by atoms with van der Waals surface area (Å²) in [6.45, 7) is 12.1. The normalized spacial score (nSPS) is 13.4. The molecule has 0 spiro atoms. The minimum Gasteiger partial charge on any atom is -0.389 e. The molecule has 3 rings (SSSR count). The second kappa shape index (κ2) is 10.4. The molecule has 1 unspecified atom stereocenters. The molecule has 2 heterocycles. The predicted molar refractivity (Wildman–Crippen MR) is 133 cm³/mol. The number of nitrogens with zero attached hydrogens (tertiary/aromatic N) is 2. The van der Waals surface area contributed by atoms with Crippen LogP contribution in [0.15, 0.2) is 34.4 Å².